The second kappa shape index (κ2) is 7.26. The summed E-state index contributed by atoms with van der Waals surface area (Å²) >= 11 is 0. The zero-order chi connectivity index (χ0) is 14.6. The van der Waals surface area contributed by atoms with Gasteiger partial charge in [-0.1, -0.05) is 39.5 Å². The first-order valence-corrected chi connectivity index (χ1v) is 9.01. The minimum atomic E-state index is 0.405. The Kier molecular flexibility index (Phi) is 5.92. The van der Waals surface area contributed by atoms with Crippen LogP contribution in [0.2, 0.25) is 0 Å². The highest BCUT2D eigenvalue weighted by Gasteiger charge is 2.46. The van der Waals surface area contributed by atoms with Crippen LogP contribution in [0.15, 0.2) is 0 Å². The van der Waals surface area contributed by atoms with Crippen molar-refractivity contribution in [1.29, 1.82) is 0 Å². The summed E-state index contributed by atoms with van der Waals surface area (Å²) in [5.74, 6) is 1.80. The largest absolute Gasteiger partial charge is 0.312 e. The maximum Gasteiger partial charge on any atom is 0.0361 e. The summed E-state index contributed by atoms with van der Waals surface area (Å²) in [7, 11) is 4.65. The predicted molar refractivity (Wildman–Crippen MR) is 88.1 cm³/mol. The Morgan fingerprint density at radius 1 is 1.15 bits per heavy atom. The average molecular weight is 280 g/mol. The molecular formula is C18H36N2. The Balaban J connectivity index is 2.20. The molecular weight excluding hydrogens is 244 g/mol. The number of likely N-dealkylation sites (N-methyl/N-ethyl adjacent to an activating group) is 1. The van der Waals surface area contributed by atoms with E-state index in [4.69, 9.17) is 0 Å². The number of hydrogen-bond donors (Lipinski definition) is 1. The summed E-state index contributed by atoms with van der Waals surface area (Å²) in [6.07, 6.45) is 12.7. The van der Waals surface area contributed by atoms with Gasteiger partial charge >= 0.3 is 0 Å². The Morgan fingerprint density at radius 2 is 1.85 bits per heavy atom. The maximum absolute atomic E-state index is 3.98. The summed E-state index contributed by atoms with van der Waals surface area (Å²) in [4.78, 5) is 2.58. The third-order valence-corrected chi connectivity index (χ3v) is 5.96. The molecule has 3 unspecified atom stereocenters. The lowest BCUT2D eigenvalue weighted by molar-refractivity contribution is 0.0164. The van der Waals surface area contributed by atoms with Crippen LogP contribution in [0.25, 0.3) is 0 Å². The average Bonchev–Trinajstić information content (AvgIpc) is 2.93. The summed E-state index contributed by atoms with van der Waals surface area (Å²) in [6, 6.07) is 0.711. The first kappa shape index (κ1) is 16.3. The van der Waals surface area contributed by atoms with Crippen LogP contribution in [-0.2, 0) is 0 Å². The van der Waals surface area contributed by atoms with Gasteiger partial charge in [0.25, 0.3) is 0 Å². The van der Waals surface area contributed by atoms with Crippen molar-refractivity contribution >= 4 is 0 Å². The molecule has 0 aromatic carbocycles. The Bertz CT molecular complexity index is 283. The van der Waals surface area contributed by atoms with Gasteiger partial charge in [-0.15, -0.1) is 0 Å². The Labute approximate surface area is 126 Å². The molecule has 0 heterocycles. The monoisotopic (exact) mass is 280 g/mol. The zero-order valence-electron chi connectivity index (χ0n) is 14.3. The quantitative estimate of drug-likeness (QED) is 0.789. The molecule has 1 N–H and O–H groups in total. The topological polar surface area (TPSA) is 15.3 Å². The summed E-state index contributed by atoms with van der Waals surface area (Å²) in [5, 5.41) is 3.98. The molecule has 2 fully saturated rings. The van der Waals surface area contributed by atoms with Crippen molar-refractivity contribution in [1.82, 2.24) is 10.2 Å². The van der Waals surface area contributed by atoms with Gasteiger partial charge in [0.15, 0.2) is 0 Å². The smallest absolute Gasteiger partial charge is 0.0361 e. The minimum absolute atomic E-state index is 0.405. The molecule has 0 bridgehead atoms. The van der Waals surface area contributed by atoms with Gasteiger partial charge in [-0.3, -0.25) is 0 Å². The molecule has 2 saturated carbocycles. The van der Waals surface area contributed by atoms with Crippen LogP contribution in [0.5, 0.6) is 0 Å². The first-order valence-electron chi connectivity index (χ1n) is 9.01. The molecule has 20 heavy (non-hydrogen) atoms. The fraction of sp³-hybridized carbons (Fsp3) is 1.00. The molecule has 2 heteroatoms. The molecule has 3 atom stereocenters. The minimum Gasteiger partial charge on any atom is -0.312 e. The van der Waals surface area contributed by atoms with E-state index >= 15 is 0 Å². The van der Waals surface area contributed by atoms with Gasteiger partial charge in [-0.25, -0.2) is 0 Å². The summed E-state index contributed by atoms with van der Waals surface area (Å²) in [5.41, 5.74) is 0.405. The fourth-order valence-corrected chi connectivity index (χ4v) is 4.92. The lowest BCUT2D eigenvalue weighted by atomic mass is 9.67. The van der Waals surface area contributed by atoms with Crippen LogP contribution in [0.4, 0.5) is 0 Å². The number of nitrogens with zero attached hydrogens (tertiary/aromatic N) is 1. The van der Waals surface area contributed by atoms with Gasteiger partial charge < -0.3 is 10.2 Å². The fourth-order valence-electron chi connectivity index (χ4n) is 4.92. The van der Waals surface area contributed by atoms with Gasteiger partial charge in [-0.2, -0.15) is 0 Å². The first-order chi connectivity index (χ1) is 9.60. The van der Waals surface area contributed by atoms with E-state index in [0.29, 0.717) is 11.6 Å². The lowest BCUT2D eigenvalue weighted by Crippen LogP contribution is -2.63. The third-order valence-electron chi connectivity index (χ3n) is 5.96. The predicted octanol–water partition coefficient (Wildman–Crippen LogP) is 4.06. The van der Waals surface area contributed by atoms with Crippen molar-refractivity contribution in [3.63, 3.8) is 0 Å². The molecule has 0 spiro atoms. The SMILES string of the molecule is CCCNC(C1CCCC1)C1(N(C)C)CCCC(C)C1. The van der Waals surface area contributed by atoms with E-state index in [1.165, 1.54) is 64.3 Å². The van der Waals surface area contributed by atoms with Gasteiger partial charge in [0.2, 0.25) is 0 Å². The molecule has 118 valence electrons. The summed E-state index contributed by atoms with van der Waals surface area (Å²) < 4.78 is 0. The van der Waals surface area contributed by atoms with Crippen LogP contribution in [-0.4, -0.2) is 37.1 Å². The third kappa shape index (κ3) is 3.39. The molecule has 0 aromatic rings. The van der Waals surface area contributed by atoms with E-state index in [-0.39, 0.29) is 0 Å². The van der Waals surface area contributed by atoms with Crippen LogP contribution in [0.3, 0.4) is 0 Å². The lowest BCUT2D eigenvalue weighted by Gasteiger charge is -2.52. The van der Waals surface area contributed by atoms with Crippen LogP contribution < -0.4 is 5.32 Å². The highest BCUT2D eigenvalue weighted by molar-refractivity contribution is 5.05. The highest BCUT2D eigenvalue weighted by atomic mass is 15.2. The Hall–Kier alpha value is -0.0800. The standard InChI is InChI=1S/C18H36N2/c1-5-13-19-17(16-10-6-7-11-16)18(20(3)4)12-8-9-15(2)14-18/h15-17,19H,5-14H2,1-4H3. The highest BCUT2D eigenvalue weighted by Crippen LogP contribution is 2.43. The second-order valence-corrected chi connectivity index (χ2v) is 7.68. The maximum atomic E-state index is 3.98. The molecule has 0 aromatic heterocycles. The zero-order valence-corrected chi connectivity index (χ0v) is 14.3. The van der Waals surface area contributed by atoms with E-state index in [9.17, 15) is 0 Å². The van der Waals surface area contributed by atoms with Crippen molar-refractivity contribution < 1.29 is 0 Å². The number of nitrogens with one attached hydrogen (secondary N) is 1. The molecule has 0 aliphatic heterocycles. The normalized spacial score (nSPS) is 33.8. The van der Waals surface area contributed by atoms with Gasteiger partial charge in [0.1, 0.15) is 0 Å². The molecule has 2 nitrogen and oxygen atoms in total. The van der Waals surface area contributed by atoms with Crippen molar-refractivity contribution in [3.8, 4) is 0 Å². The van der Waals surface area contributed by atoms with Crippen LogP contribution >= 0.6 is 0 Å². The molecule has 0 amide bonds. The van der Waals surface area contributed by atoms with Crippen LogP contribution in [0.1, 0.15) is 71.6 Å². The number of hydrogen-bond acceptors (Lipinski definition) is 2. The van der Waals surface area contributed by atoms with Gasteiger partial charge in [0, 0.05) is 11.6 Å². The van der Waals surface area contributed by atoms with E-state index in [0.717, 1.165) is 11.8 Å². The number of rotatable bonds is 6. The molecule has 2 aliphatic rings. The molecule has 2 aliphatic carbocycles. The van der Waals surface area contributed by atoms with E-state index in [2.05, 4.69) is 38.2 Å². The molecule has 0 radical (unpaired) electrons. The van der Waals surface area contributed by atoms with E-state index < -0.39 is 0 Å². The second-order valence-electron chi connectivity index (χ2n) is 7.68. The Morgan fingerprint density at radius 3 is 2.40 bits per heavy atom. The summed E-state index contributed by atoms with van der Waals surface area (Å²) in [6.45, 7) is 5.94. The van der Waals surface area contributed by atoms with Crippen molar-refractivity contribution in [3.05, 3.63) is 0 Å². The van der Waals surface area contributed by atoms with Crippen molar-refractivity contribution in [2.75, 3.05) is 20.6 Å². The van der Waals surface area contributed by atoms with Gasteiger partial charge in [0.05, 0.1) is 0 Å². The van der Waals surface area contributed by atoms with E-state index in [1.807, 2.05) is 0 Å². The van der Waals surface area contributed by atoms with Crippen LogP contribution in [0, 0.1) is 11.8 Å². The molecule has 0 saturated heterocycles. The van der Waals surface area contributed by atoms with E-state index in [1.54, 1.807) is 0 Å². The molecule has 2 rings (SSSR count). The van der Waals surface area contributed by atoms with Crippen molar-refractivity contribution in [2.45, 2.75) is 83.2 Å². The van der Waals surface area contributed by atoms with Gasteiger partial charge in [-0.05, 0) is 64.6 Å². The van der Waals surface area contributed by atoms with Crippen molar-refractivity contribution in [2.24, 2.45) is 11.8 Å².